The van der Waals surface area contributed by atoms with Crippen LogP contribution in [-0.4, -0.2) is 33.8 Å². The molecule has 0 aliphatic heterocycles. The van der Waals surface area contributed by atoms with Crippen molar-refractivity contribution >= 4 is 29.9 Å². The molecule has 5 nitrogen and oxygen atoms in total. The molecule has 0 radical (unpaired) electrons. The molecule has 0 bridgehead atoms. The average Bonchev–Trinajstić information content (AvgIpc) is 2.54. The third-order valence-corrected chi connectivity index (χ3v) is 3.08. The number of methoxy groups -OCH3 is 2. The maximum atomic E-state index is 5.43. The minimum absolute atomic E-state index is 0. The highest BCUT2D eigenvalue weighted by molar-refractivity contribution is 14.0. The smallest absolute Gasteiger partial charge is 0.191 e. The number of ether oxygens (including phenoxy) is 2. The summed E-state index contributed by atoms with van der Waals surface area (Å²) < 4.78 is 10.9. The van der Waals surface area contributed by atoms with Crippen molar-refractivity contribution in [2.45, 2.75) is 13.0 Å². The molecule has 0 amide bonds. The highest BCUT2D eigenvalue weighted by Crippen LogP contribution is 2.33. The average molecular weight is 431 g/mol. The molecule has 128 valence electrons. The Morgan fingerprint density at radius 2 is 1.91 bits per heavy atom. The minimum Gasteiger partial charge on any atom is -0.493 e. The van der Waals surface area contributed by atoms with E-state index in [4.69, 9.17) is 9.47 Å². The zero-order chi connectivity index (χ0) is 16.4. The summed E-state index contributed by atoms with van der Waals surface area (Å²) in [6.45, 7) is 8.75. The first-order chi connectivity index (χ1) is 10.7. The van der Waals surface area contributed by atoms with Crippen LogP contribution in [0.3, 0.4) is 0 Å². The zero-order valence-corrected chi connectivity index (χ0v) is 16.3. The van der Waals surface area contributed by atoms with Gasteiger partial charge in [-0.25, -0.2) is 0 Å². The first-order valence-corrected chi connectivity index (χ1v) is 7.10. The molecule has 0 spiro atoms. The van der Waals surface area contributed by atoms with Gasteiger partial charge in [-0.05, 0) is 24.1 Å². The second-order valence-electron chi connectivity index (χ2n) is 4.58. The van der Waals surface area contributed by atoms with Crippen molar-refractivity contribution in [2.24, 2.45) is 4.99 Å². The van der Waals surface area contributed by atoms with Gasteiger partial charge in [-0.3, -0.25) is 4.99 Å². The van der Waals surface area contributed by atoms with Gasteiger partial charge in [0.15, 0.2) is 17.5 Å². The molecule has 0 atom stereocenters. The molecule has 0 fully saturated rings. The number of hydrogen-bond acceptors (Lipinski definition) is 3. The summed E-state index contributed by atoms with van der Waals surface area (Å²) in [5.74, 6) is 2.19. The highest BCUT2D eigenvalue weighted by atomic mass is 127. The number of rotatable bonds is 8. The Bertz CT molecular complexity index is 545. The molecule has 6 heteroatoms. The summed E-state index contributed by atoms with van der Waals surface area (Å²) in [5.41, 5.74) is 2.12. The molecule has 0 unspecified atom stereocenters. The lowest BCUT2D eigenvalue weighted by molar-refractivity contribution is 0.352. The summed E-state index contributed by atoms with van der Waals surface area (Å²) in [6.07, 6.45) is 4.35. The largest absolute Gasteiger partial charge is 0.493 e. The minimum atomic E-state index is 0. The fraction of sp³-hybridized carbons (Fsp3) is 0.353. The van der Waals surface area contributed by atoms with E-state index in [9.17, 15) is 0 Å². The number of halogens is 1. The second kappa shape index (κ2) is 11.8. The Balaban J connectivity index is 0.00000484. The Morgan fingerprint density at radius 3 is 2.43 bits per heavy atom. The van der Waals surface area contributed by atoms with Crippen LogP contribution in [0.15, 0.2) is 42.4 Å². The molecule has 1 aromatic rings. The van der Waals surface area contributed by atoms with Crippen LogP contribution in [0.2, 0.25) is 0 Å². The van der Waals surface area contributed by atoms with Crippen LogP contribution >= 0.6 is 24.0 Å². The van der Waals surface area contributed by atoms with E-state index in [1.807, 2.05) is 12.1 Å². The molecule has 1 aromatic carbocycles. The van der Waals surface area contributed by atoms with Crippen molar-refractivity contribution in [3.63, 3.8) is 0 Å². The molecule has 2 N–H and O–H groups in total. The Labute approximate surface area is 155 Å². The molecule has 23 heavy (non-hydrogen) atoms. The van der Waals surface area contributed by atoms with E-state index in [-0.39, 0.29) is 24.0 Å². The summed E-state index contributed by atoms with van der Waals surface area (Å²) in [7, 11) is 5.01. The number of nitrogens with zero attached hydrogens (tertiary/aromatic N) is 1. The number of benzene rings is 1. The monoisotopic (exact) mass is 431 g/mol. The fourth-order valence-electron chi connectivity index (χ4n) is 2.09. The molecule has 0 aliphatic carbocycles. The highest BCUT2D eigenvalue weighted by Gasteiger charge is 2.11. The number of nitrogens with one attached hydrogen (secondary N) is 2. The lowest BCUT2D eigenvalue weighted by Gasteiger charge is -2.16. The quantitative estimate of drug-likeness (QED) is 0.288. The van der Waals surface area contributed by atoms with Crippen LogP contribution in [0, 0.1) is 0 Å². The van der Waals surface area contributed by atoms with Crippen LogP contribution in [-0.2, 0) is 13.0 Å². The van der Waals surface area contributed by atoms with E-state index in [2.05, 4.69) is 34.9 Å². The third kappa shape index (κ3) is 6.52. The Morgan fingerprint density at radius 1 is 1.17 bits per heavy atom. The van der Waals surface area contributed by atoms with Gasteiger partial charge in [0.2, 0.25) is 0 Å². The Kier molecular flexibility index (Phi) is 10.9. The number of aliphatic imine (C=N–C) groups is 1. The Hall–Kier alpha value is -1.70. The van der Waals surface area contributed by atoms with Gasteiger partial charge in [-0.15, -0.1) is 37.1 Å². The van der Waals surface area contributed by atoms with Gasteiger partial charge in [0, 0.05) is 25.7 Å². The van der Waals surface area contributed by atoms with Crippen LogP contribution in [0.25, 0.3) is 0 Å². The molecule has 0 aliphatic rings. The van der Waals surface area contributed by atoms with Crippen molar-refractivity contribution in [3.8, 4) is 11.5 Å². The molecule has 1 rings (SSSR count). The lowest BCUT2D eigenvalue weighted by atomic mass is 10.1. The standard InChI is InChI=1S/C17H25N3O2.HI/c1-6-8-14-10-13(11-15(21-4)16(14)22-5)12-20-17(18-3)19-9-7-2;/h6-7,10-11H,1-2,8-9,12H2,3-5H3,(H2,18,19,20);1H. The summed E-state index contributed by atoms with van der Waals surface area (Å²) >= 11 is 0. The molecule has 0 saturated heterocycles. The summed E-state index contributed by atoms with van der Waals surface area (Å²) in [6, 6.07) is 4.04. The lowest BCUT2D eigenvalue weighted by Crippen LogP contribution is -2.36. The van der Waals surface area contributed by atoms with Crippen molar-refractivity contribution in [3.05, 3.63) is 48.6 Å². The third-order valence-electron chi connectivity index (χ3n) is 3.08. The molecule has 0 saturated carbocycles. The zero-order valence-electron chi connectivity index (χ0n) is 14.0. The first-order valence-electron chi connectivity index (χ1n) is 7.10. The van der Waals surface area contributed by atoms with Gasteiger partial charge in [-0.2, -0.15) is 0 Å². The van der Waals surface area contributed by atoms with Gasteiger partial charge in [0.05, 0.1) is 14.2 Å². The molecular weight excluding hydrogens is 405 g/mol. The van der Waals surface area contributed by atoms with E-state index >= 15 is 0 Å². The van der Waals surface area contributed by atoms with E-state index in [0.717, 1.165) is 29.3 Å². The molecule has 0 heterocycles. The van der Waals surface area contributed by atoms with Crippen molar-refractivity contribution in [1.82, 2.24) is 10.6 Å². The van der Waals surface area contributed by atoms with Crippen molar-refractivity contribution in [2.75, 3.05) is 27.8 Å². The maximum absolute atomic E-state index is 5.43. The van der Waals surface area contributed by atoms with E-state index in [1.54, 1.807) is 27.3 Å². The number of guanidine groups is 1. The van der Waals surface area contributed by atoms with Crippen LogP contribution in [0.1, 0.15) is 11.1 Å². The van der Waals surface area contributed by atoms with Gasteiger partial charge >= 0.3 is 0 Å². The second-order valence-corrected chi connectivity index (χ2v) is 4.58. The number of allylic oxidation sites excluding steroid dienone is 1. The number of hydrogen-bond donors (Lipinski definition) is 2. The van der Waals surface area contributed by atoms with Crippen molar-refractivity contribution < 1.29 is 9.47 Å². The first kappa shape index (κ1) is 21.3. The SMILES string of the molecule is C=CCNC(=NC)NCc1cc(CC=C)c(OC)c(OC)c1.I. The van der Waals surface area contributed by atoms with E-state index in [1.165, 1.54) is 0 Å². The van der Waals surface area contributed by atoms with Crippen molar-refractivity contribution in [1.29, 1.82) is 0 Å². The normalized spacial score (nSPS) is 10.3. The maximum Gasteiger partial charge on any atom is 0.191 e. The topological polar surface area (TPSA) is 54.9 Å². The molecule has 0 aromatic heterocycles. The van der Waals surface area contributed by atoms with Crippen LogP contribution < -0.4 is 20.1 Å². The predicted molar refractivity (Wildman–Crippen MR) is 107 cm³/mol. The van der Waals surface area contributed by atoms with Crippen LogP contribution in [0.4, 0.5) is 0 Å². The van der Waals surface area contributed by atoms with E-state index in [0.29, 0.717) is 18.8 Å². The summed E-state index contributed by atoms with van der Waals surface area (Å²) in [4.78, 5) is 4.15. The van der Waals surface area contributed by atoms with Gasteiger partial charge < -0.3 is 20.1 Å². The summed E-state index contributed by atoms with van der Waals surface area (Å²) in [5, 5.41) is 6.38. The molecular formula is C17H26IN3O2. The van der Waals surface area contributed by atoms with Gasteiger partial charge in [-0.1, -0.05) is 12.2 Å². The predicted octanol–water partition coefficient (Wildman–Crippen LogP) is 2.90. The van der Waals surface area contributed by atoms with E-state index < -0.39 is 0 Å². The van der Waals surface area contributed by atoms with Gasteiger partial charge in [0.25, 0.3) is 0 Å². The fourth-order valence-corrected chi connectivity index (χ4v) is 2.09. The van der Waals surface area contributed by atoms with Crippen LogP contribution in [0.5, 0.6) is 11.5 Å². The van der Waals surface area contributed by atoms with Gasteiger partial charge in [0.1, 0.15) is 0 Å².